The number of benzene rings is 8. The normalized spacial score (nSPS) is 11.6. The second-order valence-electron chi connectivity index (χ2n) is 14.0. The smallest absolute Gasteiger partial charge is 0.166 e. The molecule has 0 unspecified atom stereocenters. The monoisotopic (exact) mass is 716 g/mol. The summed E-state index contributed by atoms with van der Waals surface area (Å²) in [6.07, 6.45) is 0. The van der Waals surface area contributed by atoms with Crippen molar-refractivity contribution >= 4 is 43.7 Å². The van der Waals surface area contributed by atoms with Gasteiger partial charge in [-0.15, -0.1) is 0 Å². The van der Waals surface area contributed by atoms with Crippen molar-refractivity contribution in [2.75, 3.05) is 0 Å². The Bertz CT molecular complexity index is 3160. The van der Waals surface area contributed by atoms with E-state index in [-0.39, 0.29) is 0 Å². The highest BCUT2D eigenvalue weighted by Crippen LogP contribution is 2.40. The van der Waals surface area contributed by atoms with Gasteiger partial charge in [-0.2, -0.15) is 0 Å². The fraction of sp³-hybridized carbons (Fsp3) is 0. The number of fused-ring (bicyclic) bond motifs is 6. The summed E-state index contributed by atoms with van der Waals surface area (Å²) in [5.74, 6) is 1.87. The van der Waals surface area contributed by atoms with E-state index in [0.29, 0.717) is 17.5 Å². The van der Waals surface area contributed by atoms with Gasteiger partial charge in [-0.3, -0.25) is 0 Å². The van der Waals surface area contributed by atoms with E-state index in [1.165, 1.54) is 16.7 Å². The summed E-state index contributed by atoms with van der Waals surface area (Å²) in [7, 11) is 0. The van der Waals surface area contributed by atoms with Gasteiger partial charge in [0.1, 0.15) is 11.2 Å². The molecule has 11 aromatic rings. The van der Waals surface area contributed by atoms with E-state index in [1.54, 1.807) is 0 Å². The van der Waals surface area contributed by atoms with Crippen LogP contribution < -0.4 is 0 Å². The third kappa shape index (κ3) is 5.37. The number of furan rings is 1. The molecule has 0 saturated heterocycles. The second-order valence-corrected chi connectivity index (χ2v) is 14.0. The van der Waals surface area contributed by atoms with E-state index in [2.05, 4.69) is 132 Å². The predicted octanol–water partition coefficient (Wildman–Crippen LogP) is 13.2. The Morgan fingerprint density at radius 2 is 0.893 bits per heavy atom. The minimum atomic E-state index is 0.613. The van der Waals surface area contributed by atoms with Crippen LogP contribution in [0.2, 0.25) is 0 Å². The third-order valence-electron chi connectivity index (χ3n) is 10.7. The average molecular weight is 717 g/mol. The molecule has 0 aliphatic rings. The molecule has 0 aliphatic heterocycles. The standard InChI is InChI=1S/C51H32N4O/c1-4-13-33(14-5-1)34-23-25-35(26-24-34)38-27-30-46-44(31-38)41-29-28-39(32-47(41)56-46)55-45-22-11-10-19-40(45)42-20-12-21-43(48(42)55)51-53-49(36-15-6-2-7-16-36)52-50(54-51)37-17-8-3-9-18-37/h1-32H. The Morgan fingerprint density at radius 1 is 0.339 bits per heavy atom. The highest BCUT2D eigenvalue weighted by molar-refractivity contribution is 6.14. The lowest BCUT2D eigenvalue weighted by Crippen LogP contribution is -2.02. The van der Waals surface area contributed by atoms with Crippen LogP contribution in [0.5, 0.6) is 0 Å². The molecule has 262 valence electrons. The lowest BCUT2D eigenvalue weighted by atomic mass is 9.99. The van der Waals surface area contributed by atoms with Crippen molar-refractivity contribution in [3.05, 3.63) is 194 Å². The van der Waals surface area contributed by atoms with Crippen LogP contribution in [-0.2, 0) is 0 Å². The van der Waals surface area contributed by atoms with Gasteiger partial charge in [0.05, 0.1) is 11.0 Å². The van der Waals surface area contributed by atoms with Gasteiger partial charge < -0.3 is 8.98 Å². The molecule has 0 bridgehead atoms. The summed E-state index contributed by atoms with van der Waals surface area (Å²) >= 11 is 0. The number of aromatic nitrogens is 4. The summed E-state index contributed by atoms with van der Waals surface area (Å²) in [6, 6.07) is 67.4. The maximum Gasteiger partial charge on any atom is 0.166 e. The quantitative estimate of drug-likeness (QED) is 0.172. The van der Waals surface area contributed by atoms with Gasteiger partial charge in [0.15, 0.2) is 17.5 Å². The zero-order chi connectivity index (χ0) is 37.0. The first-order valence-corrected chi connectivity index (χ1v) is 18.8. The van der Waals surface area contributed by atoms with E-state index in [1.807, 2.05) is 66.7 Å². The first-order valence-electron chi connectivity index (χ1n) is 18.8. The van der Waals surface area contributed by atoms with Crippen molar-refractivity contribution in [1.82, 2.24) is 19.5 Å². The Kier molecular flexibility index (Phi) is 7.42. The first kappa shape index (κ1) is 31.9. The maximum absolute atomic E-state index is 6.58. The largest absolute Gasteiger partial charge is 0.456 e. The predicted molar refractivity (Wildman–Crippen MR) is 229 cm³/mol. The summed E-state index contributed by atoms with van der Waals surface area (Å²) in [5, 5.41) is 4.43. The minimum Gasteiger partial charge on any atom is -0.456 e. The molecule has 8 aromatic carbocycles. The maximum atomic E-state index is 6.58. The molecule has 0 aliphatic carbocycles. The van der Waals surface area contributed by atoms with Crippen LogP contribution in [-0.4, -0.2) is 19.5 Å². The topological polar surface area (TPSA) is 56.7 Å². The second kappa shape index (κ2) is 13.0. The van der Waals surface area contributed by atoms with E-state index < -0.39 is 0 Å². The molecule has 5 heteroatoms. The zero-order valence-electron chi connectivity index (χ0n) is 30.2. The number of hydrogen-bond acceptors (Lipinski definition) is 4. The molecular formula is C51H32N4O. The Labute approximate surface area is 322 Å². The average Bonchev–Trinajstić information content (AvgIpc) is 3.82. The van der Waals surface area contributed by atoms with Gasteiger partial charge >= 0.3 is 0 Å². The fourth-order valence-electron chi connectivity index (χ4n) is 7.97. The molecular weight excluding hydrogens is 685 g/mol. The first-order chi connectivity index (χ1) is 27.7. The van der Waals surface area contributed by atoms with Gasteiger partial charge in [-0.1, -0.05) is 152 Å². The van der Waals surface area contributed by atoms with Crippen LogP contribution in [0.1, 0.15) is 0 Å². The summed E-state index contributed by atoms with van der Waals surface area (Å²) in [6.45, 7) is 0. The van der Waals surface area contributed by atoms with Crippen LogP contribution >= 0.6 is 0 Å². The molecule has 3 aromatic heterocycles. The molecule has 0 fully saturated rings. The SMILES string of the molecule is c1ccc(-c2ccc(-c3ccc4oc5cc(-n6c7ccccc7c7cccc(-c8nc(-c9ccccc9)nc(-c9ccccc9)n8)c76)ccc5c4c3)cc2)cc1. The molecule has 11 rings (SSSR count). The molecule has 0 radical (unpaired) electrons. The highest BCUT2D eigenvalue weighted by atomic mass is 16.3. The highest BCUT2D eigenvalue weighted by Gasteiger charge is 2.21. The number of hydrogen-bond donors (Lipinski definition) is 0. The van der Waals surface area contributed by atoms with Gasteiger partial charge in [0, 0.05) is 50.0 Å². The number of nitrogens with zero attached hydrogens (tertiary/aromatic N) is 4. The molecule has 0 spiro atoms. The van der Waals surface area contributed by atoms with Crippen molar-refractivity contribution in [3.8, 4) is 62.1 Å². The van der Waals surface area contributed by atoms with Crippen LogP contribution in [0.25, 0.3) is 106 Å². The fourth-order valence-corrected chi connectivity index (χ4v) is 7.97. The summed E-state index contributed by atoms with van der Waals surface area (Å²) in [5.41, 5.74) is 12.3. The molecule has 5 nitrogen and oxygen atoms in total. The summed E-state index contributed by atoms with van der Waals surface area (Å²) < 4.78 is 8.90. The van der Waals surface area contributed by atoms with Crippen molar-refractivity contribution in [3.63, 3.8) is 0 Å². The van der Waals surface area contributed by atoms with Gasteiger partial charge in [-0.05, 0) is 58.7 Å². The zero-order valence-corrected chi connectivity index (χ0v) is 30.2. The third-order valence-corrected chi connectivity index (χ3v) is 10.7. The van der Waals surface area contributed by atoms with E-state index in [0.717, 1.165) is 71.7 Å². The lowest BCUT2D eigenvalue weighted by molar-refractivity contribution is 0.668. The van der Waals surface area contributed by atoms with Crippen LogP contribution in [0.15, 0.2) is 199 Å². The van der Waals surface area contributed by atoms with E-state index >= 15 is 0 Å². The lowest BCUT2D eigenvalue weighted by Gasteiger charge is -2.12. The van der Waals surface area contributed by atoms with Crippen LogP contribution in [0, 0.1) is 0 Å². The van der Waals surface area contributed by atoms with Crippen molar-refractivity contribution in [2.24, 2.45) is 0 Å². The molecule has 0 atom stereocenters. The van der Waals surface area contributed by atoms with Crippen molar-refractivity contribution in [1.29, 1.82) is 0 Å². The number of para-hydroxylation sites is 2. The number of rotatable bonds is 6. The molecule has 0 amide bonds. The van der Waals surface area contributed by atoms with Crippen LogP contribution in [0.4, 0.5) is 0 Å². The van der Waals surface area contributed by atoms with Gasteiger partial charge in [0.2, 0.25) is 0 Å². The Morgan fingerprint density at radius 3 is 1.59 bits per heavy atom. The van der Waals surface area contributed by atoms with Crippen LogP contribution in [0.3, 0.4) is 0 Å². The van der Waals surface area contributed by atoms with Crippen molar-refractivity contribution in [2.45, 2.75) is 0 Å². The van der Waals surface area contributed by atoms with E-state index in [9.17, 15) is 0 Å². The Balaban J connectivity index is 1.07. The molecule has 56 heavy (non-hydrogen) atoms. The van der Waals surface area contributed by atoms with E-state index in [4.69, 9.17) is 19.4 Å². The molecule has 0 saturated carbocycles. The van der Waals surface area contributed by atoms with Crippen molar-refractivity contribution < 1.29 is 4.42 Å². The van der Waals surface area contributed by atoms with Gasteiger partial charge in [0.25, 0.3) is 0 Å². The molecule has 0 N–H and O–H groups in total. The van der Waals surface area contributed by atoms with Gasteiger partial charge in [-0.25, -0.2) is 15.0 Å². The molecule has 3 heterocycles. The Hall–Kier alpha value is -7.63. The minimum absolute atomic E-state index is 0.613. The summed E-state index contributed by atoms with van der Waals surface area (Å²) in [4.78, 5) is 15.2.